The maximum Gasteiger partial charge on any atom is 0.342 e. The molecule has 3 rings (SSSR count). The number of benzene rings is 2. The monoisotopic (exact) mass is 468 g/mol. The molecule has 0 aliphatic heterocycles. The number of hydrogen-bond acceptors (Lipinski definition) is 4. The van der Waals surface area contributed by atoms with Crippen LogP contribution in [0.3, 0.4) is 0 Å². The van der Waals surface area contributed by atoms with E-state index in [0.29, 0.717) is 15.2 Å². The van der Waals surface area contributed by atoms with Crippen molar-refractivity contribution in [1.29, 1.82) is 0 Å². The van der Waals surface area contributed by atoms with E-state index < -0.39 is 5.97 Å². The lowest BCUT2D eigenvalue weighted by Gasteiger charge is -2.05. The summed E-state index contributed by atoms with van der Waals surface area (Å²) in [6.07, 6.45) is 1.41. The number of nitrogens with zero attached hydrogens (tertiary/aromatic N) is 1. The zero-order valence-corrected chi connectivity index (χ0v) is 15.9. The third-order valence-corrected chi connectivity index (χ3v) is 5.09. The van der Waals surface area contributed by atoms with Gasteiger partial charge in [0.15, 0.2) is 5.16 Å². The van der Waals surface area contributed by atoms with Gasteiger partial charge in [0.2, 0.25) is 0 Å². The molecular formula is C16H10Br2N2O3S. The van der Waals surface area contributed by atoms with Crippen LogP contribution in [0, 0.1) is 0 Å². The van der Waals surface area contributed by atoms with E-state index in [0.717, 1.165) is 27.3 Å². The average Bonchev–Trinajstić information content (AvgIpc) is 2.93. The Balaban J connectivity index is 1.99. The molecule has 0 aliphatic carbocycles. The topological polar surface area (TPSA) is 86.2 Å². The predicted octanol–water partition coefficient (Wildman–Crippen LogP) is 5.01. The number of fused-ring (bicyclic) bond motifs is 1. The van der Waals surface area contributed by atoms with E-state index in [1.807, 2.05) is 24.3 Å². The van der Waals surface area contributed by atoms with Gasteiger partial charge in [-0.3, -0.25) is 0 Å². The summed E-state index contributed by atoms with van der Waals surface area (Å²) in [5, 5.41) is 20.0. The highest BCUT2D eigenvalue weighted by atomic mass is 79.9. The number of thioether (sulfide) groups is 1. The lowest BCUT2D eigenvalue weighted by molar-refractivity contribution is -0.131. The second-order valence-corrected chi connectivity index (χ2v) is 7.60. The number of aliphatic carboxylic acids is 1. The molecule has 0 amide bonds. The molecule has 0 unspecified atom stereocenters. The number of carboxylic acids is 1. The van der Waals surface area contributed by atoms with E-state index in [1.165, 1.54) is 6.08 Å². The number of H-pyrrole nitrogens is 1. The van der Waals surface area contributed by atoms with Crippen molar-refractivity contribution >= 4 is 66.7 Å². The van der Waals surface area contributed by atoms with Crippen LogP contribution < -0.4 is 0 Å². The van der Waals surface area contributed by atoms with Crippen molar-refractivity contribution in [2.75, 3.05) is 0 Å². The van der Waals surface area contributed by atoms with Gasteiger partial charge < -0.3 is 15.2 Å². The summed E-state index contributed by atoms with van der Waals surface area (Å²) >= 11 is 7.54. The number of nitrogens with one attached hydrogen (secondary N) is 1. The summed E-state index contributed by atoms with van der Waals surface area (Å²) in [5.41, 5.74) is 1.98. The first-order valence-corrected chi connectivity index (χ1v) is 9.10. The fourth-order valence-corrected chi connectivity index (χ4v) is 4.10. The van der Waals surface area contributed by atoms with Crippen LogP contribution in [0.1, 0.15) is 5.56 Å². The Morgan fingerprint density at radius 1 is 1.25 bits per heavy atom. The van der Waals surface area contributed by atoms with Gasteiger partial charge >= 0.3 is 5.97 Å². The number of aromatic nitrogens is 2. The molecule has 0 spiro atoms. The molecule has 2 aromatic carbocycles. The maximum atomic E-state index is 11.6. The standard InChI is InChI=1S/C16H10Br2N2O3S/c17-9-5-8(14(21)10(18)7-9)6-13(15(22)23)24-16-19-11-3-1-2-4-12(11)20-16/h1-7,21H,(H,19,20)(H,22,23)/b13-6-. The summed E-state index contributed by atoms with van der Waals surface area (Å²) in [6, 6.07) is 10.8. The summed E-state index contributed by atoms with van der Waals surface area (Å²) < 4.78 is 1.19. The number of carbonyl (C=O) groups is 1. The molecule has 0 fully saturated rings. The molecule has 1 heterocycles. The quantitative estimate of drug-likeness (QED) is 0.369. The van der Waals surface area contributed by atoms with Crippen LogP contribution in [-0.4, -0.2) is 26.2 Å². The highest BCUT2D eigenvalue weighted by Crippen LogP contribution is 2.35. The number of hydrogen-bond donors (Lipinski definition) is 3. The van der Waals surface area contributed by atoms with Crippen molar-refractivity contribution in [3.8, 4) is 5.75 Å². The molecule has 0 atom stereocenters. The van der Waals surface area contributed by atoms with Gasteiger partial charge in [0.25, 0.3) is 0 Å². The van der Waals surface area contributed by atoms with Crippen molar-refractivity contribution in [3.05, 3.63) is 55.8 Å². The molecule has 24 heavy (non-hydrogen) atoms. The summed E-state index contributed by atoms with van der Waals surface area (Å²) in [6.45, 7) is 0. The fraction of sp³-hybridized carbons (Fsp3) is 0. The van der Waals surface area contributed by atoms with Gasteiger partial charge in [0.05, 0.1) is 15.5 Å². The molecule has 0 radical (unpaired) electrons. The Hall–Kier alpha value is -1.77. The van der Waals surface area contributed by atoms with Crippen molar-refractivity contribution in [3.63, 3.8) is 0 Å². The number of aromatic hydroxyl groups is 1. The number of para-hydroxylation sites is 2. The van der Waals surface area contributed by atoms with Crippen LogP contribution in [0.5, 0.6) is 5.75 Å². The molecule has 0 aliphatic rings. The van der Waals surface area contributed by atoms with Gasteiger partial charge in [-0.25, -0.2) is 9.78 Å². The van der Waals surface area contributed by atoms with Crippen LogP contribution in [-0.2, 0) is 4.79 Å². The van der Waals surface area contributed by atoms with Gasteiger partial charge in [-0.05, 0) is 58.0 Å². The van der Waals surface area contributed by atoms with Crippen molar-refractivity contribution in [2.24, 2.45) is 0 Å². The number of rotatable bonds is 4. The minimum absolute atomic E-state index is 0.0258. The molecule has 0 bridgehead atoms. The van der Waals surface area contributed by atoms with Gasteiger partial charge in [-0.2, -0.15) is 0 Å². The first kappa shape index (κ1) is 17.1. The number of aromatic amines is 1. The van der Waals surface area contributed by atoms with Gasteiger partial charge in [0, 0.05) is 10.0 Å². The number of phenolic OH excluding ortho intramolecular Hbond substituents is 1. The SMILES string of the molecule is O=C(O)/C(=C/c1cc(Br)cc(Br)c1O)Sc1nc2ccccc2[nH]1. The molecule has 3 aromatic rings. The molecule has 0 saturated carbocycles. The molecule has 0 saturated heterocycles. The molecule has 3 N–H and O–H groups in total. The first-order chi connectivity index (χ1) is 11.4. The number of imidazole rings is 1. The first-order valence-electron chi connectivity index (χ1n) is 6.69. The molecule has 122 valence electrons. The highest BCUT2D eigenvalue weighted by Gasteiger charge is 2.15. The summed E-state index contributed by atoms with van der Waals surface area (Å²) in [7, 11) is 0. The number of phenols is 1. The Labute approximate surface area is 158 Å². The van der Waals surface area contributed by atoms with Crippen LogP contribution in [0.25, 0.3) is 17.1 Å². The van der Waals surface area contributed by atoms with Crippen molar-refractivity contribution < 1.29 is 15.0 Å². The molecule has 8 heteroatoms. The third-order valence-electron chi connectivity index (χ3n) is 3.13. The van der Waals surface area contributed by atoms with E-state index in [-0.39, 0.29) is 10.7 Å². The van der Waals surface area contributed by atoms with Crippen molar-refractivity contribution in [1.82, 2.24) is 9.97 Å². The lowest BCUT2D eigenvalue weighted by Crippen LogP contribution is -1.97. The van der Waals surface area contributed by atoms with Gasteiger partial charge in [-0.15, -0.1) is 0 Å². The second kappa shape index (κ2) is 7.00. The van der Waals surface area contributed by atoms with Gasteiger partial charge in [-0.1, -0.05) is 28.1 Å². The Morgan fingerprint density at radius 2 is 2.00 bits per heavy atom. The van der Waals surface area contributed by atoms with Crippen LogP contribution in [0.2, 0.25) is 0 Å². The van der Waals surface area contributed by atoms with E-state index in [1.54, 1.807) is 12.1 Å². The lowest BCUT2D eigenvalue weighted by atomic mass is 10.2. The normalized spacial score (nSPS) is 11.8. The number of carboxylic acid groups (broad SMARTS) is 1. The Kier molecular flexibility index (Phi) is 4.98. The zero-order valence-electron chi connectivity index (χ0n) is 12.0. The smallest absolute Gasteiger partial charge is 0.342 e. The van der Waals surface area contributed by atoms with E-state index >= 15 is 0 Å². The third kappa shape index (κ3) is 3.66. The van der Waals surface area contributed by atoms with Crippen LogP contribution in [0.4, 0.5) is 0 Å². The zero-order chi connectivity index (χ0) is 17.3. The Bertz CT molecular complexity index is 936. The maximum absolute atomic E-state index is 11.6. The summed E-state index contributed by atoms with van der Waals surface area (Å²) in [5.74, 6) is -1.13. The second-order valence-electron chi connectivity index (χ2n) is 4.80. The minimum atomic E-state index is -1.10. The van der Waals surface area contributed by atoms with E-state index in [9.17, 15) is 15.0 Å². The average molecular weight is 470 g/mol. The minimum Gasteiger partial charge on any atom is -0.506 e. The van der Waals surface area contributed by atoms with E-state index in [2.05, 4.69) is 41.8 Å². The highest BCUT2D eigenvalue weighted by molar-refractivity contribution is 9.11. The molecule has 5 nitrogen and oxygen atoms in total. The van der Waals surface area contributed by atoms with Gasteiger partial charge in [0.1, 0.15) is 10.7 Å². The largest absolute Gasteiger partial charge is 0.506 e. The van der Waals surface area contributed by atoms with Crippen LogP contribution in [0.15, 0.2) is 55.4 Å². The predicted molar refractivity (Wildman–Crippen MR) is 101 cm³/mol. The van der Waals surface area contributed by atoms with E-state index in [4.69, 9.17) is 0 Å². The Morgan fingerprint density at radius 3 is 2.71 bits per heavy atom. The summed E-state index contributed by atoms with van der Waals surface area (Å²) in [4.78, 5) is 19.0. The molecule has 1 aromatic heterocycles. The fourth-order valence-electron chi connectivity index (χ4n) is 2.05. The molecular weight excluding hydrogens is 460 g/mol. The number of halogens is 2. The van der Waals surface area contributed by atoms with Crippen LogP contribution >= 0.6 is 43.6 Å². The van der Waals surface area contributed by atoms with Crippen molar-refractivity contribution in [2.45, 2.75) is 5.16 Å².